The molecule has 0 spiro atoms. The van der Waals surface area contributed by atoms with Gasteiger partial charge in [0.05, 0.1) is 0 Å². The average Bonchev–Trinajstić information content (AvgIpc) is 2.36. The van der Waals surface area contributed by atoms with Gasteiger partial charge in [-0.15, -0.1) is 0 Å². The topological polar surface area (TPSA) is 35.2 Å². The fourth-order valence-corrected chi connectivity index (χ4v) is 10.3. The molecule has 0 aliphatic rings. The second kappa shape index (κ2) is 6.98. The van der Waals surface area contributed by atoms with Gasteiger partial charge in [0.2, 0.25) is 0 Å². The summed E-state index contributed by atoms with van der Waals surface area (Å²) in [5.74, 6) is 0. The Bertz CT molecular complexity index is 359. The van der Waals surface area contributed by atoms with Crippen LogP contribution in [0.1, 0.15) is 38.8 Å². The average molecular weight is 362 g/mol. The van der Waals surface area contributed by atoms with Crippen molar-refractivity contribution >= 4 is 30.2 Å². The van der Waals surface area contributed by atoms with Crippen LogP contribution < -0.4 is 9.31 Å². The van der Waals surface area contributed by atoms with E-state index in [-0.39, 0.29) is 6.04 Å². The molecule has 0 aliphatic heterocycles. The number of benzene rings is 1. The number of rotatable bonds is 6. The monoisotopic (exact) mass is 363 g/mol. The quantitative estimate of drug-likeness (QED) is 0.790. The third-order valence-electron chi connectivity index (χ3n) is 2.84. The third kappa shape index (κ3) is 3.85. The Morgan fingerprint density at radius 3 is 2.53 bits per heavy atom. The molecule has 4 heteroatoms. The van der Waals surface area contributed by atoms with Crippen LogP contribution in [-0.2, 0) is 3.07 Å². The fraction of sp³-hybridized carbons (Fsp3) is 0.538. The summed E-state index contributed by atoms with van der Waals surface area (Å²) in [6.07, 6.45) is 1.01. The predicted molar refractivity (Wildman–Crippen MR) is 77.0 cm³/mol. The normalized spacial score (nSPS) is 16.5. The molecule has 17 heavy (non-hydrogen) atoms. The van der Waals surface area contributed by atoms with E-state index in [0.29, 0.717) is 0 Å². The number of nitrogens with two attached hydrogens (primary N) is 1. The predicted octanol–water partition coefficient (Wildman–Crippen LogP) is 3.04. The van der Waals surface area contributed by atoms with E-state index in [4.69, 9.17) is 17.7 Å². The van der Waals surface area contributed by atoms with Gasteiger partial charge < -0.3 is 0 Å². The Morgan fingerprint density at radius 1 is 1.35 bits per heavy atom. The zero-order valence-electron chi connectivity index (χ0n) is 10.9. The van der Waals surface area contributed by atoms with Gasteiger partial charge in [0, 0.05) is 0 Å². The Balaban J connectivity index is 3.10. The van der Waals surface area contributed by atoms with Crippen molar-refractivity contribution in [2.24, 2.45) is 5.73 Å². The number of hydrogen-bond acceptors (Lipinski definition) is 2. The van der Waals surface area contributed by atoms with Gasteiger partial charge in [-0.25, -0.2) is 0 Å². The Kier molecular flexibility index (Phi) is 6.27. The van der Waals surface area contributed by atoms with E-state index < -0.39 is 17.7 Å². The SMILES string of the molecule is CCC[O][Sn]([Cl])([CH2]C)[c]1ccccc1C(C)N. The molecule has 0 fully saturated rings. The van der Waals surface area contributed by atoms with Gasteiger partial charge in [-0.05, 0) is 0 Å². The Hall–Kier alpha value is 0.229. The van der Waals surface area contributed by atoms with E-state index in [2.05, 4.69) is 26.0 Å². The molecule has 0 saturated heterocycles. The van der Waals surface area contributed by atoms with Gasteiger partial charge in [0.1, 0.15) is 0 Å². The summed E-state index contributed by atoms with van der Waals surface area (Å²) in [6, 6.07) is 8.22. The minimum atomic E-state index is -3.15. The van der Waals surface area contributed by atoms with Crippen molar-refractivity contribution in [3.63, 3.8) is 0 Å². The molecular weight excluding hydrogens is 340 g/mol. The molecule has 1 aromatic rings. The van der Waals surface area contributed by atoms with Crippen LogP contribution >= 0.6 is 8.92 Å². The summed E-state index contributed by atoms with van der Waals surface area (Å²) in [5.41, 5.74) is 7.16. The van der Waals surface area contributed by atoms with Crippen LogP contribution in [0.4, 0.5) is 0 Å². The molecule has 0 heterocycles. The van der Waals surface area contributed by atoms with Crippen LogP contribution in [0.2, 0.25) is 4.44 Å². The number of hydrogen-bond donors (Lipinski definition) is 1. The van der Waals surface area contributed by atoms with E-state index >= 15 is 0 Å². The van der Waals surface area contributed by atoms with E-state index in [1.165, 1.54) is 3.58 Å². The van der Waals surface area contributed by atoms with Gasteiger partial charge in [0.25, 0.3) is 0 Å². The second-order valence-electron chi connectivity index (χ2n) is 4.31. The molecule has 0 aliphatic carbocycles. The van der Waals surface area contributed by atoms with Crippen LogP contribution in [0.5, 0.6) is 0 Å². The maximum absolute atomic E-state index is 6.81. The van der Waals surface area contributed by atoms with Crippen LogP contribution in [0.25, 0.3) is 0 Å². The molecule has 1 rings (SSSR count). The summed E-state index contributed by atoms with van der Waals surface area (Å²) < 4.78 is 8.16. The van der Waals surface area contributed by atoms with Crippen molar-refractivity contribution in [3.05, 3.63) is 29.8 Å². The molecule has 2 unspecified atom stereocenters. The fourth-order valence-electron chi connectivity index (χ4n) is 1.87. The van der Waals surface area contributed by atoms with E-state index in [1.54, 1.807) is 0 Å². The minimum absolute atomic E-state index is 0.0119. The van der Waals surface area contributed by atoms with Crippen molar-refractivity contribution in [1.82, 2.24) is 0 Å². The van der Waals surface area contributed by atoms with E-state index in [1.807, 2.05) is 19.1 Å². The maximum atomic E-state index is 6.81. The van der Waals surface area contributed by atoms with Crippen molar-refractivity contribution in [2.45, 2.75) is 37.7 Å². The first-order valence-corrected chi connectivity index (χ1v) is 14.5. The van der Waals surface area contributed by atoms with E-state index in [0.717, 1.165) is 23.0 Å². The summed E-state index contributed by atoms with van der Waals surface area (Å²) in [7, 11) is 6.81. The van der Waals surface area contributed by atoms with Gasteiger partial charge in [-0.2, -0.15) is 0 Å². The summed E-state index contributed by atoms with van der Waals surface area (Å²) >= 11 is -3.15. The molecule has 0 bridgehead atoms. The Labute approximate surface area is 113 Å². The molecule has 2 N–H and O–H groups in total. The zero-order chi connectivity index (χ0) is 12.9. The van der Waals surface area contributed by atoms with Gasteiger partial charge in [0.15, 0.2) is 0 Å². The first-order chi connectivity index (χ1) is 8.05. The van der Waals surface area contributed by atoms with Crippen molar-refractivity contribution in [1.29, 1.82) is 0 Å². The van der Waals surface area contributed by atoms with Crippen LogP contribution in [0.15, 0.2) is 24.3 Å². The van der Waals surface area contributed by atoms with Crippen molar-refractivity contribution in [2.75, 3.05) is 6.61 Å². The molecule has 0 aromatic heterocycles. The summed E-state index contributed by atoms with van der Waals surface area (Å²) in [4.78, 5) is 0. The molecular formula is C13H22ClNOSn. The molecule has 2 nitrogen and oxygen atoms in total. The standard InChI is InChI=1S/C8H10N.C3H7O.C2H5.ClH.Sn/c1-7(9)8-5-3-2-4-6-8;1-2-3-4;1-2;;/h2-5,7H,9H2,1H3;2-3H2,1H3;1H2,2H3;1H;/q;-1;;;+2/p-1. The van der Waals surface area contributed by atoms with Crippen molar-refractivity contribution < 1.29 is 3.07 Å². The second-order valence-corrected chi connectivity index (χ2v) is 16.9. The van der Waals surface area contributed by atoms with Gasteiger partial charge >= 0.3 is 113 Å². The third-order valence-corrected chi connectivity index (χ3v) is 14.8. The van der Waals surface area contributed by atoms with Crippen LogP contribution in [-0.4, -0.2) is 24.3 Å². The van der Waals surface area contributed by atoms with Crippen LogP contribution in [0, 0.1) is 0 Å². The molecule has 0 radical (unpaired) electrons. The van der Waals surface area contributed by atoms with Crippen molar-refractivity contribution in [3.8, 4) is 0 Å². The first kappa shape index (κ1) is 15.3. The molecule has 1 aromatic carbocycles. The zero-order valence-corrected chi connectivity index (χ0v) is 14.5. The molecule has 2 atom stereocenters. The van der Waals surface area contributed by atoms with Gasteiger partial charge in [-0.3, -0.25) is 0 Å². The molecule has 0 saturated carbocycles. The molecule has 96 valence electrons. The van der Waals surface area contributed by atoms with E-state index in [9.17, 15) is 0 Å². The van der Waals surface area contributed by atoms with Crippen LogP contribution in [0.3, 0.4) is 0 Å². The van der Waals surface area contributed by atoms with Gasteiger partial charge in [-0.1, -0.05) is 0 Å². The summed E-state index contributed by atoms with van der Waals surface area (Å²) in [6.45, 7) is 6.98. The number of halogens is 1. The summed E-state index contributed by atoms with van der Waals surface area (Å²) in [5, 5.41) is 0. The first-order valence-electron chi connectivity index (χ1n) is 6.23. The Morgan fingerprint density at radius 2 is 2.00 bits per heavy atom. The molecule has 0 amide bonds.